The molecule has 276 valence electrons. The van der Waals surface area contributed by atoms with Gasteiger partial charge in [0.15, 0.2) is 16.4 Å². The maximum Gasteiger partial charge on any atom is 0.258 e. The van der Waals surface area contributed by atoms with Gasteiger partial charge in [-0.25, -0.2) is 8.42 Å². The molecule has 6 atom stereocenters. The molecular formula is C37H55N5O7S. The number of nitrogens with zero attached hydrogens (tertiary/aromatic N) is 2. The average Bonchev–Trinajstić information content (AvgIpc) is 3.05. The molecule has 1 saturated heterocycles. The first-order valence-corrected chi connectivity index (χ1v) is 19.4. The Morgan fingerprint density at radius 3 is 2.30 bits per heavy atom. The number of aliphatic hydroxyl groups excluding tert-OH is 1. The molecule has 2 aliphatic rings. The van der Waals surface area contributed by atoms with Gasteiger partial charge in [-0.15, -0.1) is 0 Å². The summed E-state index contributed by atoms with van der Waals surface area (Å²) in [5.74, 6) is -0.345. The molecular weight excluding hydrogens is 659 g/mol. The Morgan fingerprint density at radius 2 is 1.68 bits per heavy atom. The summed E-state index contributed by atoms with van der Waals surface area (Å²) in [6.07, 6.45) is 8.26. The number of amides is 3. The quantitative estimate of drug-likeness (QED) is 0.230. The highest BCUT2D eigenvalue weighted by molar-refractivity contribution is 7.92. The van der Waals surface area contributed by atoms with Crippen molar-refractivity contribution in [3.63, 3.8) is 0 Å². The minimum atomic E-state index is -3.88. The highest BCUT2D eigenvalue weighted by Crippen LogP contribution is 2.39. The zero-order valence-corrected chi connectivity index (χ0v) is 31.0. The zero-order chi connectivity index (χ0) is 36.7. The van der Waals surface area contributed by atoms with Crippen molar-refractivity contribution in [1.82, 2.24) is 25.8 Å². The molecule has 1 aliphatic carbocycles. The van der Waals surface area contributed by atoms with Gasteiger partial charge in [-0.05, 0) is 83.4 Å². The van der Waals surface area contributed by atoms with Crippen molar-refractivity contribution in [3.05, 3.63) is 60.4 Å². The van der Waals surface area contributed by atoms with E-state index in [1.807, 2.05) is 51.1 Å². The van der Waals surface area contributed by atoms with Crippen LogP contribution in [0.15, 0.2) is 54.9 Å². The number of carbonyl (C=O) groups excluding carboxylic acids is 3. The number of hydrogen-bond acceptors (Lipinski definition) is 9. The van der Waals surface area contributed by atoms with E-state index in [1.165, 1.54) is 20.0 Å². The Bertz CT molecular complexity index is 1550. The van der Waals surface area contributed by atoms with Gasteiger partial charge < -0.3 is 25.8 Å². The molecule has 12 nitrogen and oxygen atoms in total. The van der Waals surface area contributed by atoms with Crippen LogP contribution in [-0.2, 0) is 30.6 Å². The summed E-state index contributed by atoms with van der Waals surface area (Å²) in [5.41, 5.74) is 0.418. The standard InChI is InChI=1S/C37H55N5O7S/c1-36(2,3)41-34(45)30-20-26-15-10-11-16-27(26)22-42(30)23-31(43)29(19-25-13-8-7-9-14-25)39-35(46)33(37(4,5)50(6,47)48)40-32(44)24-49-28-17-12-18-38-21-28/h7-9,12-14,17-18,21,26-27,29-31,33,43H,10-11,15-16,19-20,22-24H2,1-6H3,(H,39,46)(H,40,44)(H,41,45)/t26?,27?,29-,30-,31+,33+/m0/s1. The molecule has 1 saturated carbocycles. The normalized spacial score (nSPS) is 21.9. The number of piperidine rings is 1. The Kier molecular flexibility index (Phi) is 13.1. The number of aromatic nitrogens is 1. The molecule has 4 N–H and O–H groups in total. The van der Waals surface area contributed by atoms with E-state index in [4.69, 9.17) is 4.74 Å². The van der Waals surface area contributed by atoms with E-state index in [2.05, 4.69) is 25.8 Å². The third-order valence-corrected chi connectivity index (χ3v) is 12.2. The Hall–Kier alpha value is -3.55. The molecule has 50 heavy (non-hydrogen) atoms. The van der Waals surface area contributed by atoms with Gasteiger partial charge in [0.05, 0.1) is 29.1 Å². The molecule has 0 spiro atoms. The molecule has 0 radical (unpaired) electrons. The molecule has 1 aromatic carbocycles. The molecule has 2 heterocycles. The molecule has 13 heteroatoms. The van der Waals surface area contributed by atoms with Crippen molar-refractivity contribution in [3.8, 4) is 5.75 Å². The molecule has 3 amide bonds. The SMILES string of the molecule is CC(C)(C)NC(=O)[C@@H]1CC2CCCCC2CN1C[C@@H](O)[C@H](Cc1ccccc1)NC(=O)[C@@H](NC(=O)COc1cccnc1)C(C)(C)S(C)(=O)=O. The number of carbonyl (C=O) groups is 3. The number of pyridine rings is 1. The molecule has 2 fully saturated rings. The maximum absolute atomic E-state index is 14.1. The van der Waals surface area contributed by atoms with Crippen molar-refractivity contribution < 1.29 is 32.6 Å². The lowest BCUT2D eigenvalue weighted by Gasteiger charge is -2.47. The number of β-amino-alcohol motifs (C(OH)–C–C–N with tert-alkyl or cyclic N) is 1. The maximum atomic E-state index is 14.1. The van der Waals surface area contributed by atoms with Gasteiger partial charge >= 0.3 is 0 Å². The van der Waals surface area contributed by atoms with Crippen molar-refractivity contribution >= 4 is 27.6 Å². The van der Waals surface area contributed by atoms with Gasteiger partial charge in [0.1, 0.15) is 11.8 Å². The van der Waals surface area contributed by atoms with Gasteiger partial charge in [-0.1, -0.05) is 49.6 Å². The number of hydrogen-bond donors (Lipinski definition) is 4. The predicted molar refractivity (Wildman–Crippen MR) is 192 cm³/mol. The minimum Gasteiger partial charge on any atom is -0.482 e. The highest BCUT2D eigenvalue weighted by Gasteiger charge is 2.46. The summed E-state index contributed by atoms with van der Waals surface area (Å²) < 4.78 is 29.7. The molecule has 1 aliphatic heterocycles. The second kappa shape index (κ2) is 16.6. The van der Waals surface area contributed by atoms with Gasteiger partial charge in [0.25, 0.3) is 5.91 Å². The van der Waals surface area contributed by atoms with E-state index < -0.39 is 62.8 Å². The predicted octanol–water partition coefficient (Wildman–Crippen LogP) is 2.65. The smallest absolute Gasteiger partial charge is 0.258 e. The number of ether oxygens (including phenoxy) is 1. The van der Waals surface area contributed by atoms with Crippen LogP contribution in [0.2, 0.25) is 0 Å². The number of rotatable bonds is 14. The van der Waals surface area contributed by atoms with Crippen LogP contribution in [0, 0.1) is 11.8 Å². The summed E-state index contributed by atoms with van der Waals surface area (Å²) >= 11 is 0. The van der Waals surface area contributed by atoms with Crippen LogP contribution in [-0.4, -0.2) is 102 Å². The van der Waals surface area contributed by atoms with Crippen LogP contribution < -0.4 is 20.7 Å². The van der Waals surface area contributed by atoms with E-state index >= 15 is 0 Å². The van der Waals surface area contributed by atoms with E-state index in [1.54, 1.807) is 18.3 Å². The number of aliphatic hydroxyl groups is 1. The third-order valence-electron chi connectivity index (χ3n) is 10.0. The average molecular weight is 714 g/mol. The second-order valence-electron chi connectivity index (χ2n) is 15.5. The van der Waals surface area contributed by atoms with E-state index in [0.717, 1.165) is 37.5 Å². The van der Waals surface area contributed by atoms with E-state index in [9.17, 15) is 27.9 Å². The lowest BCUT2D eigenvalue weighted by molar-refractivity contribution is -0.133. The monoisotopic (exact) mass is 713 g/mol. The number of benzene rings is 1. The van der Waals surface area contributed by atoms with Crippen LogP contribution in [0.4, 0.5) is 0 Å². The number of sulfone groups is 1. The molecule has 2 unspecified atom stereocenters. The first-order valence-electron chi connectivity index (χ1n) is 17.5. The van der Waals surface area contributed by atoms with Crippen LogP contribution in [0.3, 0.4) is 0 Å². The van der Waals surface area contributed by atoms with Crippen molar-refractivity contribution in [2.24, 2.45) is 11.8 Å². The van der Waals surface area contributed by atoms with Crippen LogP contribution in [0.25, 0.3) is 0 Å². The first-order chi connectivity index (χ1) is 23.4. The molecule has 0 bridgehead atoms. The Labute approximate surface area is 297 Å². The fourth-order valence-corrected chi connectivity index (χ4v) is 7.56. The van der Waals surface area contributed by atoms with Gasteiger partial charge in [0, 0.05) is 31.1 Å². The number of fused-ring (bicyclic) bond motifs is 1. The van der Waals surface area contributed by atoms with Crippen molar-refractivity contribution in [2.75, 3.05) is 26.0 Å². The van der Waals surface area contributed by atoms with Crippen LogP contribution in [0.1, 0.15) is 72.3 Å². The Morgan fingerprint density at radius 1 is 1.00 bits per heavy atom. The minimum absolute atomic E-state index is 0.0800. The summed E-state index contributed by atoms with van der Waals surface area (Å²) in [5, 5.41) is 20.5. The molecule has 1 aromatic heterocycles. The largest absolute Gasteiger partial charge is 0.482 e. The van der Waals surface area contributed by atoms with Gasteiger partial charge in [0.2, 0.25) is 11.8 Å². The second-order valence-corrected chi connectivity index (χ2v) is 18.1. The highest BCUT2D eigenvalue weighted by atomic mass is 32.2. The summed E-state index contributed by atoms with van der Waals surface area (Å²) in [4.78, 5) is 46.8. The van der Waals surface area contributed by atoms with Crippen molar-refractivity contribution in [2.45, 2.75) is 108 Å². The summed E-state index contributed by atoms with van der Waals surface area (Å²) in [6.45, 7) is 8.90. The summed E-state index contributed by atoms with van der Waals surface area (Å²) in [7, 11) is -3.88. The number of nitrogens with one attached hydrogen (secondary N) is 3. The fraction of sp³-hybridized carbons (Fsp3) is 0.622. The first kappa shape index (κ1) is 39.2. The number of likely N-dealkylation sites (tertiary alicyclic amines) is 1. The topological polar surface area (TPSA) is 167 Å². The molecule has 2 aromatic rings. The lowest BCUT2D eigenvalue weighted by Crippen LogP contribution is -2.64. The van der Waals surface area contributed by atoms with Gasteiger partial charge in [-0.2, -0.15) is 0 Å². The lowest BCUT2D eigenvalue weighted by atomic mass is 9.72. The molecule has 4 rings (SSSR count). The van der Waals surface area contributed by atoms with Crippen molar-refractivity contribution in [1.29, 1.82) is 0 Å². The summed E-state index contributed by atoms with van der Waals surface area (Å²) in [6, 6.07) is 9.79. The van der Waals surface area contributed by atoms with E-state index in [-0.39, 0.29) is 18.9 Å². The van der Waals surface area contributed by atoms with Crippen LogP contribution >= 0.6 is 0 Å². The zero-order valence-electron chi connectivity index (χ0n) is 30.2. The van der Waals surface area contributed by atoms with E-state index in [0.29, 0.717) is 30.6 Å². The Balaban J connectivity index is 1.58. The van der Waals surface area contributed by atoms with Gasteiger partial charge in [-0.3, -0.25) is 24.3 Å². The van der Waals surface area contributed by atoms with Crippen LogP contribution in [0.5, 0.6) is 5.75 Å². The fourth-order valence-electron chi connectivity index (χ4n) is 6.96. The third kappa shape index (κ3) is 10.7.